The first-order chi connectivity index (χ1) is 13.9. The zero-order valence-electron chi connectivity index (χ0n) is 16.5. The number of ether oxygens (including phenoxy) is 2. The summed E-state index contributed by atoms with van der Waals surface area (Å²) in [5, 5.41) is 0. The van der Waals surface area contributed by atoms with Crippen LogP contribution in [0.25, 0.3) is 6.08 Å². The van der Waals surface area contributed by atoms with E-state index in [1.807, 2.05) is 32.0 Å². The van der Waals surface area contributed by atoms with Crippen LogP contribution < -0.4 is 14.4 Å². The maximum Gasteiger partial charge on any atom is 0.270 e. The SMILES string of the molecule is CCOc1cc(/C=C2\SC(=S)N(c3ccccc3F)C2=O)ccc1O[C@@H](C)CC. The molecule has 7 heteroatoms. The van der Waals surface area contributed by atoms with Gasteiger partial charge >= 0.3 is 0 Å². The largest absolute Gasteiger partial charge is 0.490 e. The van der Waals surface area contributed by atoms with Crippen LogP contribution in [-0.2, 0) is 4.79 Å². The third kappa shape index (κ3) is 4.79. The number of amides is 1. The molecular formula is C22H22FNO3S2. The minimum atomic E-state index is -0.491. The van der Waals surface area contributed by atoms with Crippen LogP contribution in [0.3, 0.4) is 0 Å². The summed E-state index contributed by atoms with van der Waals surface area (Å²) in [6, 6.07) is 11.6. The van der Waals surface area contributed by atoms with Gasteiger partial charge in [-0.1, -0.05) is 49.1 Å². The van der Waals surface area contributed by atoms with Crippen molar-refractivity contribution in [2.24, 2.45) is 0 Å². The van der Waals surface area contributed by atoms with E-state index >= 15 is 0 Å². The molecular weight excluding hydrogens is 409 g/mol. The number of benzene rings is 2. The Morgan fingerprint density at radius 3 is 2.66 bits per heavy atom. The lowest BCUT2D eigenvalue weighted by Crippen LogP contribution is -2.28. The van der Waals surface area contributed by atoms with Gasteiger partial charge in [-0.25, -0.2) is 4.39 Å². The Labute approximate surface area is 179 Å². The number of thiocarbonyl (C=S) groups is 1. The second-order valence-electron chi connectivity index (χ2n) is 6.44. The number of hydrogen-bond acceptors (Lipinski definition) is 5. The number of nitrogens with zero attached hydrogens (tertiary/aromatic N) is 1. The summed E-state index contributed by atoms with van der Waals surface area (Å²) >= 11 is 6.47. The van der Waals surface area contributed by atoms with E-state index in [9.17, 15) is 9.18 Å². The van der Waals surface area contributed by atoms with Gasteiger partial charge in [0.05, 0.1) is 23.3 Å². The van der Waals surface area contributed by atoms with E-state index in [-0.39, 0.29) is 17.7 Å². The predicted octanol–water partition coefficient (Wildman–Crippen LogP) is 5.81. The molecule has 1 amide bonds. The maximum atomic E-state index is 14.1. The lowest BCUT2D eigenvalue weighted by Gasteiger charge is -2.16. The second-order valence-corrected chi connectivity index (χ2v) is 8.12. The van der Waals surface area contributed by atoms with Crippen LogP contribution in [0.15, 0.2) is 47.4 Å². The van der Waals surface area contributed by atoms with E-state index in [4.69, 9.17) is 21.7 Å². The minimum absolute atomic E-state index is 0.0667. The van der Waals surface area contributed by atoms with Crippen molar-refractivity contribution in [2.45, 2.75) is 33.3 Å². The topological polar surface area (TPSA) is 38.8 Å². The fraction of sp³-hybridized carbons (Fsp3) is 0.273. The summed E-state index contributed by atoms with van der Waals surface area (Å²) < 4.78 is 26.1. The van der Waals surface area contributed by atoms with Crippen LogP contribution in [0, 0.1) is 5.82 Å². The summed E-state index contributed by atoms with van der Waals surface area (Å²) in [6.45, 7) is 6.45. The summed E-state index contributed by atoms with van der Waals surface area (Å²) in [6.07, 6.45) is 2.68. The quantitative estimate of drug-likeness (QED) is 0.409. The lowest BCUT2D eigenvalue weighted by atomic mass is 10.1. The van der Waals surface area contributed by atoms with E-state index in [1.54, 1.807) is 18.2 Å². The highest BCUT2D eigenvalue weighted by molar-refractivity contribution is 8.27. The predicted molar refractivity (Wildman–Crippen MR) is 120 cm³/mol. The fourth-order valence-corrected chi connectivity index (χ4v) is 4.02. The van der Waals surface area contributed by atoms with Gasteiger partial charge in [0.15, 0.2) is 15.8 Å². The number of anilines is 1. The van der Waals surface area contributed by atoms with Gasteiger partial charge in [-0.2, -0.15) is 0 Å². The van der Waals surface area contributed by atoms with Crippen LogP contribution in [0.1, 0.15) is 32.8 Å². The van der Waals surface area contributed by atoms with Crippen molar-refractivity contribution in [1.82, 2.24) is 0 Å². The molecule has 2 aromatic rings. The smallest absolute Gasteiger partial charge is 0.270 e. The van der Waals surface area contributed by atoms with Crippen molar-refractivity contribution < 1.29 is 18.7 Å². The molecule has 152 valence electrons. The van der Waals surface area contributed by atoms with Crippen molar-refractivity contribution in [3.05, 3.63) is 58.8 Å². The monoisotopic (exact) mass is 431 g/mol. The van der Waals surface area contributed by atoms with Gasteiger partial charge in [-0.05, 0) is 56.2 Å². The summed E-state index contributed by atoms with van der Waals surface area (Å²) in [5.74, 6) is 0.446. The molecule has 0 N–H and O–H groups in total. The van der Waals surface area contributed by atoms with Crippen LogP contribution in [0.5, 0.6) is 11.5 Å². The first-order valence-corrected chi connectivity index (χ1v) is 10.6. The molecule has 1 aliphatic heterocycles. The van der Waals surface area contributed by atoms with E-state index in [0.29, 0.717) is 27.3 Å². The molecule has 2 aromatic carbocycles. The third-order valence-corrected chi connectivity index (χ3v) is 5.66. The number of para-hydroxylation sites is 1. The van der Waals surface area contributed by atoms with Gasteiger partial charge in [0.1, 0.15) is 5.82 Å². The number of hydrogen-bond donors (Lipinski definition) is 0. The van der Waals surface area contributed by atoms with E-state index in [2.05, 4.69) is 6.92 Å². The second kappa shape index (κ2) is 9.41. The molecule has 1 saturated heterocycles. The first-order valence-electron chi connectivity index (χ1n) is 9.40. The highest BCUT2D eigenvalue weighted by Gasteiger charge is 2.34. The molecule has 0 saturated carbocycles. The van der Waals surface area contributed by atoms with E-state index in [1.165, 1.54) is 17.0 Å². The Balaban J connectivity index is 1.90. The average molecular weight is 432 g/mol. The van der Waals surface area contributed by atoms with Gasteiger partial charge in [0.2, 0.25) is 0 Å². The van der Waals surface area contributed by atoms with Crippen LogP contribution >= 0.6 is 24.0 Å². The number of thioether (sulfide) groups is 1. The number of carbonyl (C=O) groups is 1. The van der Waals surface area contributed by atoms with Crippen molar-refractivity contribution in [3.8, 4) is 11.5 Å². The Bertz CT molecular complexity index is 961. The van der Waals surface area contributed by atoms with Gasteiger partial charge in [0.25, 0.3) is 5.91 Å². The standard InChI is InChI=1S/C22H22FNO3S2/c1-4-14(3)27-18-11-10-15(12-19(18)26-5-2)13-20-21(25)24(22(28)29-20)17-9-7-6-8-16(17)23/h6-14H,4-5H2,1-3H3/b20-13-/t14-/m0/s1. The van der Waals surface area contributed by atoms with Crippen molar-refractivity contribution in [2.75, 3.05) is 11.5 Å². The highest BCUT2D eigenvalue weighted by Crippen LogP contribution is 2.38. The van der Waals surface area contributed by atoms with Crippen LogP contribution in [0.2, 0.25) is 0 Å². The lowest BCUT2D eigenvalue weighted by molar-refractivity contribution is -0.113. The molecule has 1 aliphatic rings. The molecule has 3 rings (SSSR count). The van der Waals surface area contributed by atoms with Gasteiger partial charge in [-0.15, -0.1) is 0 Å². The number of halogens is 1. The molecule has 4 nitrogen and oxygen atoms in total. The summed E-state index contributed by atoms with van der Waals surface area (Å²) in [4.78, 5) is 14.5. The first kappa shape index (κ1) is 21.3. The molecule has 0 bridgehead atoms. The van der Waals surface area contributed by atoms with Crippen molar-refractivity contribution >= 4 is 46.0 Å². The Hall–Kier alpha value is -2.38. The van der Waals surface area contributed by atoms with Gasteiger partial charge in [-0.3, -0.25) is 9.69 Å². The van der Waals surface area contributed by atoms with Crippen molar-refractivity contribution in [1.29, 1.82) is 0 Å². The van der Waals surface area contributed by atoms with Crippen LogP contribution in [-0.4, -0.2) is 22.9 Å². The summed E-state index contributed by atoms with van der Waals surface area (Å²) in [7, 11) is 0. The normalized spacial score (nSPS) is 16.4. The molecule has 1 heterocycles. The molecule has 1 fully saturated rings. The van der Waals surface area contributed by atoms with E-state index in [0.717, 1.165) is 23.7 Å². The molecule has 29 heavy (non-hydrogen) atoms. The van der Waals surface area contributed by atoms with Gasteiger partial charge in [0, 0.05) is 0 Å². The Morgan fingerprint density at radius 2 is 1.97 bits per heavy atom. The van der Waals surface area contributed by atoms with E-state index < -0.39 is 5.82 Å². The minimum Gasteiger partial charge on any atom is -0.490 e. The fourth-order valence-electron chi connectivity index (χ4n) is 2.74. The molecule has 0 radical (unpaired) electrons. The molecule has 0 aromatic heterocycles. The Morgan fingerprint density at radius 1 is 1.21 bits per heavy atom. The van der Waals surface area contributed by atoms with Crippen LogP contribution in [0.4, 0.5) is 10.1 Å². The Kier molecular flexibility index (Phi) is 6.92. The summed E-state index contributed by atoms with van der Waals surface area (Å²) in [5.41, 5.74) is 0.935. The molecule has 1 atom stereocenters. The molecule has 0 spiro atoms. The third-order valence-electron chi connectivity index (χ3n) is 4.36. The maximum absolute atomic E-state index is 14.1. The van der Waals surface area contributed by atoms with Gasteiger partial charge < -0.3 is 9.47 Å². The number of rotatable bonds is 7. The molecule has 0 unspecified atom stereocenters. The average Bonchev–Trinajstić information content (AvgIpc) is 2.97. The zero-order valence-corrected chi connectivity index (χ0v) is 18.1. The zero-order chi connectivity index (χ0) is 21.0. The molecule has 0 aliphatic carbocycles. The highest BCUT2D eigenvalue weighted by atomic mass is 32.2. The van der Waals surface area contributed by atoms with Crippen molar-refractivity contribution in [3.63, 3.8) is 0 Å². The number of carbonyl (C=O) groups excluding carboxylic acids is 1.